The molecule has 5 heterocycles. The van der Waals surface area contributed by atoms with Crippen molar-refractivity contribution in [2.24, 2.45) is 5.41 Å². The molecule has 43 heavy (non-hydrogen) atoms. The Morgan fingerprint density at radius 1 is 1.00 bits per heavy atom. The predicted molar refractivity (Wildman–Crippen MR) is 164 cm³/mol. The molecule has 0 spiro atoms. The molecule has 0 radical (unpaired) electrons. The highest BCUT2D eigenvalue weighted by atomic mass is 16.2. The van der Waals surface area contributed by atoms with Crippen molar-refractivity contribution in [1.29, 1.82) is 5.26 Å². The zero-order valence-corrected chi connectivity index (χ0v) is 24.9. The largest absolute Gasteiger partial charge is 0.357 e. The van der Waals surface area contributed by atoms with Gasteiger partial charge in [0.25, 0.3) is 0 Å². The summed E-state index contributed by atoms with van der Waals surface area (Å²) in [6, 6.07) is 7.13. The third-order valence-corrected chi connectivity index (χ3v) is 10.1. The summed E-state index contributed by atoms with van der Waals surface area (Å²) in [7, 11) is 0. The molecular formula is C33H39N9O. The quantitative estimate of drug-likeness (QED) is 0.300. The second-order valence-corrected chi connectivity index (χ2v) is 12.6. The molecule has 1 amide bonds. The van der Waals surface area contributed by atoms with Crippen molar-refractivity contribution in [2.45, 2.75) is 89.6 Å². The SMILES string of the molecule is CCC1(C(=O)NC2CCC2)CCN(c2ccc(-c3nc(-c4cnn(C5CCCCC5)c4)cn4ncc(C#N)c34)cn2)CC1. The second kappa shape index (κ2) is 11.4. The number of piperidine rings is 1. The summed E-state index contributed by atoms with van der Waals surface area (Å²) in [5.41, 5.74) is 4.04. The van der Waals surface area contributed by atoms with Crippen LogP contribution < -0.4 is 10.2 Å². The lowest BCUT2D eigenvalue weighted by atomic mass is 9.74. The number of hydrogen-bond acceptors (Lipinski definition) is 7. The molecule has 10 heteroatoms. The molecule has 1 aliphatic heterocycles. The number of nitrogens with one attached hydrogen (secondary N) is 1. The van der Waals surface area contributed by atoms with Crippen LogP contribution in [0.15, 0.2) is 43.1 Å². The number of hydrogen-bond donors (Lipinski definition) is 1. The van der Waals surface area contributed by atoms with Crippen LogP contribution in [-0.2, 0) is 4.79 Å². The molecule has 2 saturated carbocycles. The van der Waals surface area contributed by atoms with Crippen molar-refractivity contribution in [1.82, 2.24) is 34.7 Å². The van der Waals surface area contributed by atoms with Gasteiger partial charge in [-0.15, -0.1) is 0 Å². The Morgan fingerprint density at radius 3 is 2.49 bits per heavy atom. The molecule has 1 N–H and O–H groups in total. The number of carbonyl (C=O) groups excluding carboxylic acids is 1. The summed E-state index contributed by atoms with van der Waals surface area (Å²) in [5.74, 6) is 1.12. The van der Waals surface area contributed by atoms with Gasteiger partial charge >= 0.3 is 0 Å². The van der Waals surface area contributed by atoms with E-state index in [2.05, 4.69) is 44.3 Å². The van der Waals surface area contributed by atoms with Crippen LogP contribution in [0.4, 0.5) is 5.82 Å². The molecule has 4 aromatic rings. The summed E-state index contributed by atoms with van der Waals surface area (Å²) in [5, 5.41) is 22.3. The van der Waals surface area contributed by atoms with E-state index in [1.165, 1.54) is 25.7 Å². The van der Waals surface area contributed by atoms with E-state index in [4.69, 9.17) is 9.97 Å². The van der Waals surface area contributed by atoms with E-state index >= 15 is 0 Å². The number of aromatic nitrogens is 6. The van der Waals surface area contributed by atoms with E-state index in [9.17, 15) is 10.1 Å². The van der Waals surface area contributed by atoms with Crippen molar-refractivity contribution in [3.05, 3.63) is 48.7 Å². The molecule has 0 unspecified atom stereocenters. The van der Waals surface area contributed by atoms with Gasteiger partial charge < -0.3 is 10.2 Å². The minimum absolute atomic E-state index is 0.232. The average Bonchev–Trinajstić information content (AvgIpc) is 3.71. The zero-order valence-electron chi connectivity index (χ0n) is 24.9. The molecule has 3 fully saturated rings. The van der Waals surface area contributed by atoms with Gasteiger partial charge in [0.05, 0.1) is 41.4 Å². The van der Waals surface area contributed by atoms with E-state index in [-0.39, 0.29) is 11.3 Å². The minimum atomic E-state index is -0.289. The van der Waals surface area contributed by atoms with Crippen LogP contribution in [0, 0.1) is 16.7 Å². The number of amides is 1. The molecule has 222 valence electrons. The number of pyridine rings is 1. The summed E-state index contributed by atoms with van der Waals surface area (Å²) < 4.78 is 3.83. The van der Waals surface area contributed by atoms with Crippen molar-refractivity contribution in [2.75, 3.05) is 18.0 Å². The maximum absolute atomic E-state index is 13.2. The minimum Gasteiger partial charge on any atom is -0.357 e. The Hall–Kier alpha value is -4.26. The van der Waals surface area contributed by atoms with Crippen LogP contribution >= 0.6 is 0 Å². The lowest BCUT2D eigenvalue weighted by Crippen LogP contribution is -2.52. The topological polar surface area (TPSA) is 117 Å². The monoisotopic (exact) mass is 577 g/mol. The molecule has 0 aromatic carbocycles. The number of carbonyl (C=O) groups is 1. The fraction of sp³-hybridized carbons (Fsp3) is 0.515. The molecule has 2 aliphatic carbocycles. The first kappa shape index (κ1) is 27.6. The Bertz CT molecular complexity index is 1650. The Balaban J connectivity index is 1.13. The average molecular weight is 578 g/mol. The van der Waals surface area contributed by atoms with Crippen LogP contribution in [-0.4, -0.2) is 54.4 Å². The smallest absolute Gasteiger partial charge is 0.226 e. The van der Waals surface area contributed by atoms with Gasteiger partial charge in [-0.25, -0.2) is 14.5 Å². The summed E-state index contributed by atoms with van der Waals surface area (Å²) in [4.78, 5) is 25.3. The van der Waals surface area contributed by atoms with E-state index in [0.29, 0.717) is 28.9 Å². The first-order valence-corrected chi connectivity index (χ1v) is 15.9. The third-order valence-electron chi connectivity index (χ3n) is 10.1. The van der Waals surface area contributed by atoms with E-state index < -0.39 is 0 Å². The fourth-order valence-corrected chi connectivity index (χ4v) is 6.96. The van der Waals surface area contributed by atoms with Crippen LogP contribution in [0.1, 0.15) is 89.2 Å². The van der Waals surface area contributed by atoms with Gasteiger partial charge in [0.1, 0.15) is 23.0 Å². The highest BCUT2D eigenvalue weighted by molar-refractivity contribution is 5.84. The Labute approximate surface area is 252 Å². The predicted octanol–water partition coefficient (Wildman–Crippen LogP) is 5.70. The van der Waals surface area contributed by atoms with Crippen molar-refractivity contribution in [3.63, 3.8) is 0 Å². The maximum atomic E-state index is 13.2. The van der Waals surface area contributed by atoms with Crippen LogP contribution in [0.3, 0.4) is 0 Å². The molecule has 10 nitrogen and oxygen atoms in total. The molecule has 7 rings (SSSR count). The van der Waals surface area contributed by atoms with Gasteiger partial charge in [0.2, 0.25) is 5.91 Å². The highest BCUT2D eigenvalue weighted by Gasteiger charge is 2.41. The van der Waals surface area contributed by atoms with Gasteiger partial charge in [-0.1, -0.05) is 26.2 Å². The molecule has 0 bridgehead atoms. The maximum Gasteiger partial charge on any atom is 0.226 e. The summed E-state index contributed by atoms with van der Waals surface area (Å²) in [6.07, 6.45) is 21.3. The zero-order chi connectivity index (χ0) is 29.4. The van der Waals surface area contributed by atoms with Gasteiger partial charge in [-0.05, 0) is 63.5 Å². The van der Waals surface area contributed by atoms with Crippen molar-refractivity contribution >= 4 is 17.2 Å². The Kier molecular flexibility index (Phi) is 7.33. The lowest BCUT2D eigenvalue weighted by Gasteiger charge is -2.42. The number of nitriles is 1. The second-order valence-electron chi connectivity index (χ2n) is 12.6. The van der Waals surface area contributed by atoms with Crippen molar-refractivity contribution < 1.29 is 4.79 Å². The van der Waals surface area contributed by atoms with Gasteiger partial charge in [-0.3, -0.25) is 9.48 Å². The van der Waals surface area contributed by atoms with Crippen LogP contribution in [0.2, 0.25) is 0 Å². The molecule has 3 aliphatic rings. The molecular weight excluding hydrogens is 538 g/mol. The lowest BCUT2D eigenvalue weighted by molar-refractivity contribution is -0.133. The highest BCUT2D eigenvalue weighted by Crippen LogP contribution is 2.38. The number of nitrogens with zero attached hydrogens (tertiary/aromatic N) is 8. The molecule has 1 saturated heterocycles. The van der Waals surface area contributed by atoms with E-state index in [0.717, 1.165) is 80.7 Å². The van der Waals surface area contributed by atoms with Gasteiger partial charge in [0.15, 0.2) is 0 Å². The normalized spacial score (nSPS) is 19.2. The first-order chi connectivity index (χ1) is 21.1. The van der Waals surface area contributed by atoms with E-state index in [1.807, 2.05) is 30.7 Å². The Morgan fingerprint density at radius 2 is 1.81 bits per heavy atom. The summed E-state index contributed by atoms with van der Waals surface area (Å²) >= 11 is 0. The molecule has 4 aromatic heterocycles. The van der Waals surface area contributed by atoms with E-state index in [1.54, 1.807) is 10.7 Å². The number of fused-ring (bicyclic) bond motifs is 1. The molecule has 0 atom stereocenters. The fourth-order valence-electron chi connectivity index (χ4n) is 6.96. The third kappa shape index (κ3) is 5.15. The first-order valence-electron chi connectivity index (χ1n) is 15.9. The number of rotatable bonds is 7. The van der Waals surface area contributed by atoms with Gasteiger partial charge in [0, 0.05) is 42.7 Å². The van der Waals surface area contributed by atoms with Crippen molar-refractivity contribution in [3.8, 4) is 28.6 Å². The standard InChI is InChI=1S/C33H39N9O/c1-2-33(32(43)38-26-7-6-8-26)13-15-40(16-14-33)29-12-11-23(18-35-29)30-31-24(17-34)19-37-42(31)22-28(39-30)25-20-36-41(21-25)27-9-4-3-5-10-27/h11-12,18-22,26-27H,2-10,13-16H2,1H3,(H,38,43). The van der Waals surface area contributed by atoms with Crippen LogP contribution in [0.25, 0.3) is 28.0 Å². The number of anilines is 1. The van der Waals surface area contributed by atoms with Gasteiger partial charge in [-0.2, -0.15) is 15.5 Å². The summed E-state index contributed by atoms with van der Waals surface area (Å²) in [6.45, 7) is 3.72. The van der Waals surface area contributed by atoms with Crippen LogP contribution in [0.5, 0.6) is 0 Å².